The van der Waals surface area contributed by atoms with Crippen LogP contribution in [-0.4, -0.2) is 23.7 Å². The van der Waals surface area contributed by atoms with Gasteiger partial charge in [-0.05, 0) is 0 Å². The van der Waals surface area contributed by atoms with Crippen molar-refractivity contribution in [2.45, 2.75) is 23.7 Å². The number of halogens is 10. The van der Waals surface area contributed by atoms with Crippen molar-refractivity contribution in [3.05, 3.63) is 0 Å². The van der Waals surface area contributed by atoms with Gasteiger partial charge in [0.1, 0.15) is 0 Å². The third-order valence-electron chi connectivity index (χ3n) is 1.12. The largest absolute Gasteiger partial charge is 0.493 e. The van der Waals surface area contributed by atoms with Gasteiger partial charge in [0.2, 0.25) is 0 Å². The van der Waals surface area contributed by atoms with Crippen LogP contribution >= 0.6 is 8.58 Å². The smallest absolute Gasteiger partial charge is 0.162 e. The lowest BCUT2D eigenvalue weighted by molar-refractivity contribution is -0.259. The average molecular weight is 271 g/mol. The maximum atomic E-state index is 11.9. The molecule has 0 aromatic rings. The van der Waals surface area contributed by atoms with Crippen LogP contribution in [-0.2, 0) is 0 Å². The highest BCUT2D eigenvalue weighted by Gasteiger charge is 2.75. The maximum absolute atomic E-state index is 11.9. The van der Waals surface area contributed by atoms with Crippen molar-refractivity contribution < 1.29 is 43.9 Å². The van der Waals surface area contributed by atoms with E-state index in [1.165, 1.54) is 0 Å². The molecule has 0 N–H and O–H groups in total. The first-order valence-corrected chi connectivity index (χ1v) is 4.12. The summed E-state index contributed by atoms with van der Waals surface area (Å²) >= 11 is 0. The maximum Gasteiger partial charge on any atom is 0.493 e. The Kier molecular flexibility index (Phi) is 3.57. The zero-order chi connectivity index (χ0) is 12.7. The first-order valence-electron chi connectivity index (χ1n) is 2.97. The van der Waals surface area contributed by atoms with E-state index in [1.807, 2.05) is 0 Å². The quantitative estimate of drug-likeness (QED) is 0.530. The summed E-state index contributed by atoms with van der Waals surface area (Å²) in [6, 6.07) is 0. The van der Waals surface area contributed by atoms with Crippen molar-refractivity contribution >= 4 is 8.58 Å². The predicted molar refractivity (Wildman–Crippen MR) is 31.7 cm³/mol. The van der Waals surface area contributed by atoms with E-state index in [0.717, 1.165) is 0 Å². The Morgan fingerprint density at radius 3 is 0.800 bits per heavy atom. The number of alkyl halides is 10. The molecule has 0 saturated heterocycles. The van der Waals surface area contributed by atoms with Gasteiger partial charge in [-0.25, -0.2) is 0 Å². The molecule has 0 nitrogen and oxygen atoms in total. The minimum absolute atomic E-state index is 4.49. The number of hydrogen-bond acceptors (Lipinski definition) is 0. The van der Waals surface area contributed by atoms with Crippen molar-refractivity contribution in [3.63, 3.8) is 0 Å². The van der Waals surface area contributed by atoms with E-state index in [1.54, 1.807) is 0 Å². The molecule has 0 radical (unpaired) electrons. The zero-order valence-corrected chi connectivity index (χ0v) is 7.51. The third-order valence-corrected chi connectivity index (χ3v) is 2.50. The van der Waals surface area contributed by atoms with Gasteiger partial charge in [0.25, 0.3) is 0 Å². The molecule has 0 bridgehead atoms. The molecular weight excluding hydrogens is 269 g/mol. The summed E-state index contributed by atoms with van der Waals surface area (Å²) in [7, 11) is -4.49. The molecular formula is C4H2F10P+. The minimum Gasteiger partial charge on any atom is -0.162 e. The van der Waals surface area contributed by atoms with E-state index in [2.05, 4.69) is 0 Å². The first kappa shape index (κ1) is 14.7. The SMILES string of the molecule is FC(F)(F)C(F)(F)[PH2+]C(F)(F)C(F)(F)F. The van der Waals surface area contributed by atoms with Crippen molar-refractivity contribution in [2.24, 2.45) is 0 Å². The molecule has 0 saturated carbocycles. The topological polar surface area (TPSA) is 0 Å². The van der Waals surface area contributed by atoms with Crippen molar-refractivity contribution in [2.75, 3.05) is 0 Å². The van der Waals surface area contributed by atoms with Crippen LogP contribution in [0.3, 0.4) is 0 Å². The zero-order valence-electron chi connectivity index (χ0n) is 6.36. The molecule has 0 fully saturated rings. The second kappa shape index (κ2) is 3.64. The lowest BCUT2D eigenvalue weighted by Crippen LogP contribution is -2.40. The van der Waals surface area contributed by atoms with E-state index in [-0.39, 0.29) is 0 Å². The summed E-state index contributed by atoms with van der Waals surface area (Å²) in [6.45, 7) is 0. The van der Waals surface area contributed by atoms with Gasteiger partial charge in [-0.1, -0.05) is 0 Å². The van der Waals surface area contributed by atoms with E-state index in [9.17, 15) is 43.9 Å². The van der Waals surface area contributed by atoms with Gasteiger partial charge in [0.15, 0.2) is 8.58 Å². The van der Waals surface area contributed by atoms with E-state index < -0.39 is 32.3 Å². The summed E-state index contributed by atoms with van der Waals surface area (Å²) in [5, 5.41) is 0. The fourth-order valence-corrected chi connectivity index (χ4v) is 1.17. The van der Waals surface area contributed by atoms with Crippen LogP contribution in [0.15, 0.2) is 0 Å². The summed E-state index contributed by atoms with van der Waals surface area (Å²) in [5.41, 5.74) is -12.0. The predicted octanol–water partition coefficient (Wildman–Crippen LogP) is 3.71. The van der Waals surface area contributed by atoms with E-state index in [0.29, 0.717) is 0 Å². The van der Waals surface area contributed by atoms with E-state index in [4.69, 9.17) is 0 Å². The summed E-state index contributed by atoms with van der Waals surface area (Å²) < 4.78 is 115. The van der Waals surface area contributed by atoms with Crippen LogP contribution in [0.2, 0.25) is 0 Å². The van der Waals surface area contributed by atoms with E-state index >= 15 is 0 Å². The first-order chi connectivity index (χ1) is 6.21. The normalized spacial score (nSPS) is 15.6. The van der Waals surface area contributed by atoms with Gasteiger partial charge < -0.3 is 0 Å². The molecule has 0 aliphatic carbocycles. The fourth-order valence-electron chi connectivity index (χ4n) is 0.391. The van der Waals surface area contributed by atoms with Crippen LogP contribution in [0.25, 0.3) is 0 Å². The van der Waals surface area contributed by atoms with Crippen LogP contribution in [0.5, 0.6) is 0 Å². The molecule has 15 heavy (non-hydrogen) atoms. The molecule has 11 heteroatoms. The van der Waals surface area contributed by atoms with Crippen molar-refractivity contribution in [3.8, 4) is 0 Å². The standard InChI is InChI=1S/C4HF10P/c5-1(6,7)3(11,12)15-4(13,14)2(8,9)10/h15H/p+1. The fraction of sp³-hybridized carbons (Fsp3) is 1.00. The van der Waals surface area contributed by atoms with Crippen LogP contribution in [0.1, 0.15) is 0 Å². The van der Waals surface area contributed by atoms with Crippen LogP contribution < -0.4 is 0 Å². The molecule has 92 valence electrons. The Balaban J connectivity index is 4.89. The Morgan fingerprint density at radius 2 is 0.667 bits per heavy atom. The highest BCUT2D eigenvalue weighted by Crippen LogP contribution is 2.60. The summed E-state index contributed by atoms with van der Waals surface area (Å²) in [4.78, 5) is 0. The molecule has 0 aromatic carbocycles. The van der Waals surface area contributed by atoms with Crippen molar-refractivity contribution in [1.82, 2.24) is 0 Å². The van der Waals surface area contributed by atoms with Crippen molar-refractivity contribution in [1.29, 1.82) is 0 Å². The summed E-state index contributed by atoms with van der Waals surface area (Å²) in [6.07, 6.45) is -12.8. The summed E-state index contributed by atoms with van der Waals surface area (Å²) in [5.74, 6) is 0. The van der Waals surface area contributed by atoms with Gasteiger partial charge in [-0.3, -0.25) is 0 Å². The van der Waals surface area contributed by atoms with Gasteiger partial charge in [0, 0.05) is 0 Å². The minimum atomic E-state index is -6.41. The lowest BCUT2D eigenvalue weighted by atomic mass is 10.7. The molecule has 0 aliphatic rings. The second-order valence-electron chi connectivity index (χ2n) is 2.39. The molecule has 0 aromatic heterocycles. The molecule has 0 heterocycles. The van der Waals surface area contributed by atoms with Gasteiger partial charge >= 0.3 is 23.7 Å². The molecule has 0 rings (SSSR count). The Bertz CT molecular complexity index is 199. The Labute approximate surface area is 77.4 Å². The average Bonchev–Trinajstić information content (AvgIpc) is 1.77. The van der Waals surface area contributed by atoms with Crippen LogP contribution in [0.4, 0.5) is 43.9 Å². The Morgan fingerprint density at radius 1 is 0.467 bits per heavy atom. The molecule has 0 aliphatic heterocycles. The van der Waals surface area contributed by atoms with Gasteiger partial charge in [0.05, 0.1) is 0 Å². The van der Waals surface area contributed by atoms with Crippen LogP contribution in [0, 0.1) is 0 Å². The highest BCUT2D eigenvalue weighted by atomic mass is 31.1. The molecule has 0 atom stereocenters. The molecule has 0 unspecified atom stereocenters. The second-order valence-corrected chi connectivity index (χ2v) is 4.12. The monoisotopic (exact) mass is 271 g/mol. The lowest BCUT2D eigenvalue weighted by Gasteiger charge is -2.20. The third kappa shape index (κ3) is 3.35. The number of rotatable bonds is 2. The Hall–Kier alpha value is -0.270. The molecule has 0 amide bonds. The highest BCUT2D eigenvalue weighted by molar-refractivity contribution is 7.41. The van der Waals surface area contributed by atoms with Gasteiger partial charge in [-0.2, -0.15) is 43.9 Å². The van der Waals surface area contributed by atoms with Gasteiger partial charge in [-0.15, -0.1) is 0 Å². The molecule has 0 spiro atoms. The number of hydrogen-bond donors (Lipinski definition) is 0.